The Hall–Kier alpha value is -4.31. The quantitative estimate of drug-likeness (QED) is 0.374. The topological polar surface area (TPSA) is 119 Å². The second kappa shape index (κ2) is 12.7. The average molecular weight is 565 g/mol. The number of aromatic nitrogens is 1. The van der Waals surface area contributed by atoms with Crippen LogP contribution in [0.4, 0.5) is 0 Å². The molecule has 4 rings (SSSR count). The molecule has 2 heterocycles. The maximum atomic E-state index is 13.8. The van der Waals surface area contributed by atoms with Crippen LogP contribution in [0.1, 0.15) is 44.9 Å². The highest BCUT2D eigenvalue weighted by Gasteiger charge is 2.38. The molecule has 1 unspecified atom stereocenters. The molecule has 1 aliphatic rings. The number of fused-ring (bicyclic) bond motifs is 1. The average Bonchev–Trinajstić information content (AvgIpc) is 3.25. The summed E-state index contributed by atoms with van der Waals surface area (Å²) in [5, 5.41) is 0. The predicted molar refractivity (Wildman–Crippen MR) is 153 cm³/mol. The van der Waals surface area contributed by atoms with Gasteiger partial charge in [-0.1, -0.05) is 24.3 Å². The number of thiazole rings is 1. The molecule has 0 spiro atoms. The zero-order chi connectivity index (χ0) is 28.8. The lowest BCUT2D eigenvalue weighted by Gasteiger charge is -2.26. The van der Waals surface area contributed by atoms with E-state index in [4.69, 9.17) is 24.7 Å². The number of benzene rings is 2. The molecule has 210 valence electrons. The summed E-state index contributed by atoms with van der Waals surface area (Å²) in [6.07, 6.45) is 1.70. The van der Waals surface area contributed by atoms with Crippen molar-refractivity contribution in [3.63, 3.8) is 0 Å². The molecule has 3 aromatic rings. The van der Waals surface area contributed by atoms with Crippen molar-refractivity contribution in [1.29, 1.82) is 0 Å². The van der Waals surface area contributed by atoms with Gasteiger partial charge >= 0.3 is 11.9 Å². The van der Waals surface area contributed by atoms with Gasteiger partial charge in [-0.15, -0.1) is 11.3 Å². The minimum absolute atomic E-state index is 0.0191. The van der Waals surface area contributed by atoms with Gasteiger partial charge in [0.05, 0.1) is 36.7 Å². The Morgan fingerprint density at radius 3 is 2.00 bits per heavy atom. The van der Waals surface area contributed by atoms with Crippen molar-refractivity contribution in [2.45, 2.75) is 33.7 Å². The molecule has 10 heteroatoms. The maximum absolute atomic E-state index is 13.8. The lowest BCUT2D eigenvalue weighted by Crippen LogP contribution is -2.45. The van der Waals surface area contributed by atoms with Crippen LogP contribution in [0.3, 0.4) is 0 Å². The van der Waals surface area contributed by atoms with Gasteiger partial charge in [0.15, 0.2) is 6.04 Å². The van der Waals surface area contributed by atoms with Crippen LogP contribution in [0.2, 0.25) is 0 Å². The second-order valence-corrected chi connectivity index (χ2v) is 9.66. The molecule has 0 saturated heterocycles. The number of nitrogens with zero attached hydrogens (tertiary/aromatic N) is 1. The molecule has 1 aliphatic heterocycles. The Morgan fingerprint density at radius 1 is 0.875 bits per heavy atom. The number of carbonyl (C=O) groups excluding carboxylic acids is 2. The maximum Gasteiger partial charge on any atom is 0.341 e. The summed E-state index contributed by atoms with van der Waals surface area (Å²) in [6, 6.07) is 13.0. The normalized spacial score (nSPS) is 15.1. The fourth-order valence-corrected chi connectivity index (χ4v) is 5.62. The van der Waals surface area contributed by atoms with Gasteiger partial charge in [0.2, 0.25) is 0 Å². The summed E-state index contributed by atoms with van der Waals surface area (Å²) in [5.74, 6) is -0.000345. The second-order valence-electron chi connectivity index (χ2n) is 8.63. The van der Waals surface area contributed by atoms with E-state index in [1.54, 1.807) is 44.2 Å². The van der Waals surface area contributed by atoms with Crippen molar-refractivity contribution in [2.75, 3.05) is 26.4 Å². The Kier molecular flexibility index (Phi) is 9.11. The summed E-state index contributed by atoms with van der Waals surface area (Å²) >= 11 is 1.09. The van der Waals surface area contributed by atoms with Crippen molar-refractivity contribution in [1.82, 2.24) is 4.57 Å². The van der Waals surface area contributed by atoms with Crippen molar-refractivity contribution in [3.05, 3.63) is 84.9 Å². The highest BCUT2D eigenvalue weighted by atomic mass is 32.1. The number of esters is 2. The molecule has 0 bridgehead atoms. The van der Waals surface area contributed by atoms with E-state index in [1.165, 1.54) is 4.57 Å². The van der Waals surface area contributed by atoms with Crippen LogP contribution in [0.5, 0.6) is 11.5 Å². The fraction of sp³-hybridized carbons (Fsp3) is 0.300. The highest BCUT2D eigenvalue weighted by molar-refractivity contribution is 7.07. The molecule has 9 nitrogen and oxygen atoms in total. The molecule has 2 N–H and O–H groups in total. The van der Waals surface area contributed by atoms with Gasteiger partial charge in [-0.2, -0.15) is 0 Å². The number of carbonyl (C=O) groups is 2. The van der Waals surface area contributed by atoms with Gasteiger partial charge in [-0.25, -0.2) is 9.59 Å². The highest BCUT2D eigenvalue weighted by Crippen LogP contribution is 2.35. The van der Waals surface area contributed by atoms with Crippen molar-refractivity contribution in [2.24, 2.45) is 5.73 Å². The summed E-state index contributed by atoms with van der Waals surface area (Å²) in [7, 11) is 0. The van der Waals surface area contributed by atoms with E-state index in [1.807, 2.05) is 38.1 Å². The van der Waals surface area contributed by atoms with Crippen LogP contribution in [0.25, 0.3) is 17.2 Å². The zero-order valence-electron chi connectivity index (χ0n) is 22.9. The molecule has 2 aromatic carbocycles. The number of hydrogen-bond donors (Lipinski definition) is 1. The molecule has 0 radical (unpaired) electrons. The number of hydrogen-bond acceptors (Lipinski definition) is 9. The molecule has 0 aliphatic carbocycles. The summed E-state index contributed by atoms with van der Waals surface area (Å²) in [5.41, 5.74) is 7.93. The first-order valence-electron chi connectivity index (χ1n) is 13.1. The number of ether oxygens (including phenoxy) is 4. The largest absolute Gasteiger partial charge is 0.494 e. The third kappa shape index (κ3) is 5.67. The van der Waals surface area contributed by atoms with Crippen LogP contribution < -0.4 is 30.0 Å². The standard InChI is InChI=1S/C30H32N2O7S/c1-5-36-20-13-9-18(10-14-20)17-22-27(33)32-26(30(35)39-8-4)25(31)23(19-11-15-21(16-12-19)37-6-2)24(28(32)40-22)29(34)38-7-3/h9-17,26H,5-8,31H2,1-4H3. The molecule has 1 atom stereocenters. The first-order valence-corrected chi connectivity index (χ1v) is 13.9. The minimum Gasteiger partial charge on any atom is -0.494 e. The van der Waals surface area contributed by atoms with Crippen LogP contribution in [0, 0.1) is 0 Å². The molecule has 0 fully saturated rings. The Morgan fingerprint density at radius 2 is 1.45 bits per heavy atom. The monoisotopic (exact) mass is 564 g/mol. The number of nitrogens with two attached hydrogens (primary N) is 1. The van der Waals surface area contributed by atoms with Gasteiger partial charge < -0.3 is 24.7 Å². The van der Waals surface area contributed by atoms with E-state index in [-0.39, 0.29) is 29.1 Å². The minimum atomic E-state index is -1.26. The Balaban J connectivity index is 2.02. The molecule has 40 heavy (non-hydrogen) atoms. The first-order chi connectivity index (χ1) is 19.3. The van der Waals surface area contributed by atoms with Crippen molar-refractivity contribution < 1.29 is 28.5 Å². The fourth-order valence-electron chi connectivity index (χ4n) is 4.45. The van der Waals surface area contributed by atoms with E-state index >= 15 is 0 Å². The summed E-state index contributed by atoms with van der Waals surface area (Å²) in [4.78, 5) is 40.5. The Labute approximate surface area is 235 Å². The van der Waals surface area contributed by atoms with E-state index in [0.717, 1.165) is 16.9 Å². The molecular weight excluding hydrogens is 532 g/mol. The van der Waals surface area contributed by atoms with E-state index in [0.29, 0.717) is 40.4 Å². The third-order valence-electron chi connectivity index (χ3n) is 6.09. The summed E-state index contributed by atoms with van der Waals surface area (Å²) < 4.78 is 23.6. The van der Waals surface area contributed by atoms with Crippen LogP contribution in [-0.2, 0) is 19.1 Å². The van der Waals surface area contributed by atoms with E-state index in [2.05, 4.69) is 0 Å². The van der Waals surface area contributed by atoms with Gasteiger partial charge in [0, 0.05) is 5.57 Å². The number of rotatable bonds is 10. The smallest absolute Gasteiger partial charge is 0.341 e. The first kappa shape index (κ1) is 28.7. The molecule has 0 amide bonds. The van der Waals surface area contributed by atoms with Crippen LogP contribution in [-0.4, -0.2) is 42.9 Å². The van der Waals surface area contributed by atoms with E-state index in [9.17, 15) is 14.4 Å². The zero-order valence-corrected chi connectivity index (χ0v) is 23.7. The van der Waals surface area contributed by atoms with Gasteiger partial charge in [0.25, 0.3) is 5.56 Å². The SMILES string of the molecule is CCOC(=O)C1=c2sc(=Cc3ccc(OCC)cc3)c(=O)n2C(C(=O)OCC)C(N)=C1c1ccc(OCC)cc1. The lowest BCUT2D eigenvalue weighted by atomic mass is 9.91. The lowest BCUT2D eigenvalue weighted by molar-refractivity contribution is -0.146. The van der Waals surface area contributed by atoms with Crippen molar-refractivity contribution >= 4 is 40.5 Å². The van der Waals surface area contributed by atoms with E-state index < -0.39 is 23.5 Å². The van der Waals surface area contributed by atoms with Gasteiger partial charge in [-0.3, -0.25) is 9.36 Å². The molecule has 0 saturated carbocycles. The van der Waals surface area contributed by atoms with Crippen molar-refractivity contribution in [3.8, 4) is 11.5 Å². The predicted octanol–water partition coefficient (Wildman–Crippen LogP) is 2.74. The molecular formula is C30H32N2O7S. The van der Waals surface area contributed by atoms with Gasteiger partial charge in [-0.05, 0) is 69.2 Å². The van der Waals surface area contributed by atoms with Gasteiger partial charge in [0.1, 0.15) is 21.7 Å². The van der Waals surface area contributed by atoms with Crippen LogP contribution in [0.15, 0.2) is 59.0 Å². The molecule has 1 aromatic heterocycles. The third-order valence-corrected chi connectivity index (χ3v) is 7.20. The Bertz CT molecular complexity index is 1600. The summed E-state index contributed by atoms with van der Waals surface area (Å²) in [6.45, 7) is 8.38. The van der Waals surface area contributed by atoms with Crippen LogP contribution >= 0.6 is 11.3 Å².